The molecule has 2 aromatic heterocycles. The zero-order valence-corrected chi connectivity index (χ0v) is 24.9. The molecule has 10 heteroatoms. The molecule has 2 aliphatic heterocycles. The van der Waals surface area contributed by atoms with E-state index >= 15 is 0 Å². The highest BCUT2D eigenvalue weighted by Gasteiger charge is 2.21. The third-order valence-corrected chi connectivity index (χ3v) is 8.38. The molecule has 2 fully saturated rings. The number of hydrogen-bond acceptors (Lipinski definition) is 4. The molecular formula is C33H40F4N6. The van der Waals surface area contributed by atoms with Gasteiger partial charge < -0.3 is 10.6 Å². The van der Waals surface area contributed by atoms with Crippen molar-refractivity contribution in [3.63, 3.8) is 0 Å². The van der Waals surface area contributed by atoms with Crippen molar-refractivity contribution in [2.45, 2.75) is 63.8 Å². The van der Waals surface area contributed by atoms with Crippen molar-refractivity contribution in [1.82, 2.24) is 30.2 Å². The molecule has 0 spiro atoms. The molecule has 2 aliphatic rings. The third-order valence-electron chi connectivity index (χ3n) is 8.38. The van der Waals surface area contributed by atoms with Crippen molar-refractivity contribution in [3.05, 3.63) is 106 Å². The van der Waals surface area contributed by atoms with Crippen LogP contribution in [0, 0.1) is 23.3 Å². The fourth-order valence-corrected chi connectivity index (χ4v) is 6.12. The van der Waals surface area contributed by atoms with Crippen LogP contribution in [0.2, 0.25) is 0 Å². The summed E-state index contributed by atoms with van der Waals surface area (Å²) in [5.41, 5.74) is 5.80. The fourth-order valence-electron chi connectivity index (χ4n) is 6.12. The monoisotopic (exact) mass is 596 g/mol. The van der Waals surface area contributed by atoms with Crippen LogP contribution in [-0.2, 0) is 26.4 Å². The van der Waals surface area contributed by atoms with Gasteiger partial charge in [0.15, 0.2) is 23.3 Å². The van der Waals surface area contributed by atoms with Gasteiger partial charge in [0.25, 0.3) is 0 Å². The maximum absolute atomic E-state index is 13.3. The Morgan fingerprint density at radius 3 is 1.60 bits per heavy atom. The Balaban J connectivity index is 0.000000171. The lowest BCUT2D eigenvalue weighted by atomic mass is 9.94. The van der Waals surface area contributed by atoms with Crippen molar-refractivity contribution < 1.29 is 17.6 Å². The first-order valence-corrected chi connectivity index (χ1v) is 15.2. The van der Waals surface area contributed by atoms with Gasteiger partial charge in [-0.1, -0.05) is 12.1 Å². The van der Waals surface area contributed by atoms with Gasteiger partial charge in [0.1, 0.15) is 0 Å². The molecule has 0 unspecified atom stereocenters. The van der Waals surface area contributed by atoms with Gasteiger partial charge in [-0.05, 0) is 106 Å². The van der Waals surface area contributed by atoms with Gasteiger partial charge >= 0.3 is 0 Å². The van der Waals surface area contributed by atoms with E-state index in [9.17, 15) is 17.6 Å². The summed E-state index contributed by atoms with van der Waals surface area (Å²) in [4.78, 5) is 0. The van der Waals surface area contributed by atoms with Crippen LogP contribution >= 0.6 is 0 Å². The molecule has 4 heterocycles. The van der Waals surface area contributed by atoms with Crippen molar-refractivity contribution in [2.24, 2.45) is 7.05 Å². The summed E-state index contributed by atoms with van der Waals surface area (Å²) in [7, 11) is 1.95. The lowest BCUT2D eigenvalue weighted by Gasteiger charge is -2.23. The van der Waals surface area contributed by atoms with Crippen molar-refractivity contribution in [3.8, 4) is 0 Å². The van der Waals surface area contributed by atoms with E-state index in [4.69, 9.17) is 0 Å². The molecule has 0 amide bonds. The first kappa shape index (κ1) is 30.9. The summed E-state index contributed by atoms with van der Waals surface area (Å²) in [6.07, 6.45) is 5.53. The number of piperidine rings is 2. The van der Waals surface area contributed by atoms with E-state index in [1.807, 2.05) is 16.4 Å². The summed E-state index contributed by atoms with van der Waals surface area (Å²) >= 11 is 0. The standard InChI is InChI=1S/C17H21F2N3.C16H19F2N3/c1-2-22-17(13-5-7-20-8-6-13)11-14(21-22)9-12-3-4-15(18)16(19)10-12;1-21-16(12-4-6-19-7-5-12)10-13(20-21)8-11-2-3-14(17)15(18)9-11/h3-4,10-11,13,20H,2,5-9H2,1H3;2-3,9-10,12,19H,4-8H2,1H3. The molecule has 2 N–H and O–H groups in total. The molecule has 0 radical (unpaired) electrons. The average Bonchev–Trinajstić information content (AvgIpc) is 3.60. The molecule has 2 saturated heterocycles. The van der Waals surface area contributed by atoms with Gasteiger partial charge in [-0.3, -0.25) is 9.36 Å². The summed E-state index contributed by atoms with van der Waals surface area (Å²) < 4.78 is 56.5. The van der Waals surface area contributed by atoms with Crippen molar-refractivity contribution in [1.29, 1.82) is 0 Å². The average molecular weight is 597 g/mol. The van der Waals surface area contributed by atoms with Crippen LogP contribution < -0.4 is 10.6 Å². The van der Waals surface area contributed by atoms with E-state index in [1.165, 1.54) is 35.7 Å². The number of aromatic nitrogens is 4. The Morgan fingerprint density at radius 2 is 1.12 bits per heavy atom. The zero-order chi connectivity index (χ0) is 30.3. The molecule has 43 heavy (non-hydrogen) atoms. The highest BCUT2D eigenvalue weighted by Crippen LogP contribution is 2.28. The Hall–Kier alpha value is -3.50. The van der Waals surface area contributed by atoms with Gasteiger partial charge in [0, 0.05) is 49.7 Å². The van der Waals surface area contributed by atoms with Crippen LogP contribution in [0.15, 0.2) is 48.5 Å². The second-order valence-electron chi connectivity index (χ2n) is 11.5. The van der Waals surface area contributed by atoms with Gasteiger partial charge in [0.05, 0.1) is 11.4 Å². The molecule has 0 saturated carbocycles. The van der Waals surface area contributed by atoms with E-state index in [1.54, 1.807) is 12.1 Å². The minimum Gasteiger partial charge on any atom is -0.317 e. The molecular weight excluding hydrogens is 556 g/mol. The highest BCUT2D eigenvalue weighted by molar-refractivity contribution is 5.27. The molecule has 6 nitrogen and oxygen atoms in total. The van der Waals surface area contributed by atoms with Crippen LogP contribution in [0.1, 0.15) is 78.3 Å². The number of halogens is 4. The number of aryl methyl sites for hydroxylation is 2. The summed E-state index contributed by atoms with van der Waals surface area (Å²) in [6.45, 7) is 7.06. The summed E-state index contributed by atoms with van der Waals surface area (Å²) in [5, 5.41) is 15.9. The second kappa shape index (κ2) is 14.3. The number of rotatable bonds is 7. The van der Waals surface area contributed by atoms with Gasteiger partial charge in [-0.2, -0.15) is 10.2 Å². The minimum absolute atomic E-state index is 0.524. The Bertz CT molecular complexity index is 1500. The Labute approximate surface area is 250 Å². The number of benzene rings is 2. The van der Waals surface area contributed by atoms with E-state index in [-0.39, 0.29) is 0 Å². The lowest BCUT2D eigenvalue weighted by molar-refractivity contribution is 0.432. The van der Waals surface area contributed by atoms with Crippen LogP contribution in [0.3, 0.4) is 0 Å². The van der Waals surface area contributed by atoms with Crippen LogP contribution in [0.5, 0.6) is 0 Å². The largest absolute Gasteiger partial charge is 0.317 e. The van der Waals surface area contributed by atoms with E-state index in [2.05, 4.69) is 39.9 Å². The van der Waals surface area contributed by atoms with Crippen LogP contribution in [0.25, 0.3) is 0 Å². The molecule has 4 aromatic rings. The van der Waals surface area contributed by atoms with Gasteiger partial charge in [-0.15, -0.1) is 0 Å². The number of nitrogens with zero attached hydrogens (tertiary/aromatic N) is 4. The highest BCUT2D eigenvalue weighted by atomic mass is 19.2. The molecule has 0 atom stereocenters. The first-order chi connectivity index (χ1) is 20.8. The molecule has 6 rings (SSSR count). The Kier molecular flexibility index (Phi) is 10.3. The van der Waals surface area contributed by atoms with E-state index in [0.29, 0.717) is 24.7 Å². The minimum atomic E-state index is -0.810. The number of hydrogen-bond donors (Lipinski definition) is 2. The first-order valence-electron chi connectivity index (χ1n) is 15.2. The maximum Gasteiger partial charge on any atom is 0.159 e. The van der Waals surface area contributed by atoms with E-state index in [0.717, 1.165) is 80.9 Å². The van der Waals surface area contributed by atoms with Gasteiger partial charge in [-0.25, -0.2) is 17.6 Å². The van der Waals surface area contributed by atoms with Crippen molar-refractivity contribution >= 4 is 0 Å². The molecule has 0 bridgehead atoms. The predicted molar refractivity (Wildman–Crippen MR) is 159 cm³/mol. The smallest absolute Gasteiger partial charge is 0.159 e. The SMILES string of the molecule is CCn1nc(Cc2ccc(F)c(F)c2)cc1C1CCNCC1.Cn1nc(Cc2ccc(F)c(F)c2)cc1C1CCNCC1. The topological polar surface area (TPSA) is 59.7 Å². The quantitative estimate of drug-likeness (QED) is 0.257. The molecule has 230 valence electrons. The summed E-state index contributed by atoms with van der Waals surface area (Å²) in [6, 6.07) is 12.3. The molecule has 0 aliphatic carbocycles. The second-order valence-corrected chi connectivity index (χ2v) is 11.5. The number of nitrogens with one attached hydrogen (secondary N) is 2. The Morgan fingerprint density at radius 1 is 0.651 bits per heavy atom. The lowest BCUT2D eigenvalue weighted by Crippen LogP contribution is -2.27. The van der Waals surface area contributed by atoms with E-state index < -0.39 is 23.3 Å². The fraction of sp³-hybridized carbons (Fsp3) is 0.455. The van der Waals surface area contributed by atoms with Crippen LogP contribution in [-0.4, -0.2) is 45.7 Å². The van der Waals surface area contributed by atoms with Crippen LogP contribution in [0.4, 0.5) is 17.6 Å². The molecule has 2 aromatic carbocycles. The maximum atomic E-state index is 13.3. The summed E-state index contributed by atoms with van der Waals surface area (Å²) in [5.74, 6) is -2.16. The third kappa shape index (κ3) is 7.92. The van der Waals surface area contributed by atoms with Gasteiger partial charge in [0.2, 0.25) is 0 Å². The zero-order valence-electron chi connectivity index (χ0n) is 24.9. The van der Waals surface area contributed by atoms with Crippen molar-refractivity contribution in [2.75, 3.05) is 26.2 Å². The predicted octanol–water partition coefficient (Wildman–Crippen LogP) is 6.00. The normalized spacial score (nSPS) is 16.2.